The number of unbranched alkanes of at least 4 members (excludes halogenated alkanes) is 7. The Morgan fingerprint density at radius 1 is 0.615 bits per heavy atom. The lowest BCUT2D eigenvalue weighted by atomic mass is 10.1. The van der Waals surface area contributed by atoms with Crippen molar-refractivity contribution >= 4 is 22.7 Å². The highest BCUT2D eigenvalue weighted by molar-refractivity contribution is 7.09. The maximum atomic E-state index is 2.46. The molecule has 0 amide bonds. The lowest BCUT2D eigenvalue weighted by Gasteiger charge is -2.01. The van der Waals surface area contributed by atoms with E-state index in [0.29, 0.717) is 0 Å². The molecule has 2 aromatic rings. The number of rotatable bonds is 13. The molecule has 2 nitrogen and oxygen atoms in total. The normalized spacial score (nSPS) is 11.4. The predicted molar refractivity (Wildman–Crippen MR) is 114 cm³/mol. The molecule has 146 valence electrons. The van der Waals surface area contributed by atoms with Gasteiger partial charge in [0.15, 0.2) is 11.4 Å². The van der Waals surface area contributed by atoms with E-state index < -0.39 is 0 Å². The van der Waals surface area contributed by atoms with Crippen LogP contribution in [0, 0.1) is 13.8 Å². The largest absolute Gasteiger partial charge is 0.225 e. The maximum absolute atomic E-state index is 2.46. The molecule has 0 saturated carbocycles. The minimum atomic E-state index is 1.17. The first-order chi connectivity index (χ1) is 12.7. The number of hydrogen-bond donors (Lipinski definition) is 0. The Morgan fingerprint density at radius 3 is 1.27 bits per heavy atom. The molecule has 0 aliphatic rings. The fourth-order valence-corrected chi connectivity index (χ4v) is 5.59. The standard InChI is InChI=1S/C22H38N2S2/c1-5-21-19(3)23(17-25-21)15-13-11-9-7-8-10-12-14-16-24-18-26-22(6-2)20(24)4/h17-18H,5-16H2,1-4H3/q+2. The third kappa shape index (κ3) is 6.45. The van der Waals surface area contributed by atoms with Crippen LogP contribution in [0.1, 0.15) is 86.4 Å². The molecule has 0 aliphatic carbocycles. The van der Waals surface area contributed by atoms with E-state index in [1.165, 1.54) is 88.7 Å². The van der Waals surface area contributed by atoms with Crippen LogP contribution < -0.4 is 9.13 Å². The van der Waals surface area contributed by atoms with Gasteiger partial charge >= 0.3 is 0 Å². The number of aryl methyl sites for hydroxylation is 4. The first kappa shape index (κ1) is 21.6. The van der Waals surface area contributed by atoms with E-state index in [-0.39, 0.29) is 0 Å². The van der Waals surface area contributed by atoms with Gasteiger partial charge in [-0.05, 0) is 25.7 Å². The lowest BCUT2D eigenvalue weighted by Crippen LogP contribution is -2.34. The molecular weight excluding hydrogens is 356 g/mol. The number of aromatic nitrogens is 2. The highest BCUT2D eigenvalue weighted by Crippen LogP contribution is 2.14. The molecule has 0 fully saturated rings. The van der Waals surface area contributed by atoms with Crippen LogP contribution >= 0.6 is 22.7 Å². The summed E-state index contributed by atoms with van der Waals surface area (Å²) in [4.78, 5) is 3.10. The SMILES string of the molecule is CCc1sc[n+](CCCCCCCCCC[n+]2csc(CC)c2C)c1C. The zero-order chi connectivity index (χ0) is 18.8. The third-order valence-electron chi connectivity index (χ3n) is 5.50. The van der Waals surface area contributed by atoms with Gasteiger partial charge < -0.3 is 0 Å². The summed E-state index contributed by atoms with van der Waals surface area (Å²) >= 11 is 3.84. The highest BCUT2D eigenvalue weighted by Gasteiger charge is 2.13. The molecule has 0 saturated heterocycles. The average molecular weight is 395 g/mol. The first-order valence-electron chi connectivity index (χ1n) is 10.6. The molecule has 26 heavy (non-hydrogen) atoms. The van der Waals surface area contributed by atoms with Crippen molar-refractivity contribution < 1.29 is 9.13 Å². The van der Waals surface area contributed by atoms with Crippen molar-refractivity contribution in [2.24, 2.45) is 0 Å². The van der Waals surface area contributed by atoms with Crippen molar-refractivity contribution in [3.8, 4) is 0 Å². The minimum absolute atomic E-state index is 1.17. The van der Waals surface area contributed by atoms with Crippen molar-refractivity contribution in [2.75, 3.05) is 0 Å². The van der Waals surface area contributed by atoms with Gasteiger partial charge in [-0.1, -0.05) is 62.2 Å². The van der Waals surface area contributed by atoms with Gasteiger partial charge in [-0.2, -0.15) is 9.13 Å². The van der Waals surface area contributed by atoms with E-state index >= 15 is 0 Å². The maximum Gasteiger partial charge on any atom is 0.225 e. The van der Waals surface area contributed by atoms with Crippen LogP contribution in [0.5, 0.6) is 0 Å². The van der Waals surface area contributed by atoms with Crippen LogP contribution in [0.2, 0.25) is 0 Å². The van der Waals surface area contributed by atoms with Gasteiger partial charge in [0.2, 0.25) is 11.0 Å². The summed E-state index contributed by atoms with van der Waals surface area (Å²) < 4.78 is 4.91. The van der Waals surface area contributed by atoms with E-state index in [2.05, 4.69) is 47.9 Å². The van der Waals surface area contributed by atoms with Gasteiger partial charge in [0, 0.05) is 26.7 Å². The van der Waals surface area contributed by atoms with E-state index in [9.17, 15) is 0 Å². The molecule has 2 heterocycles. The minimum Gasteiger partial charge on any atom is -0.193 e. The van der Waals surface area contributed by atoms with Gasteiger partial charge in [-0.3, -0.25) is 0 Å². The molecule has 0 unspecified atom stereocenters. The summed E-state index contributed by atoms with van der Waals surface area (Å²) in [7, 11) is 0. The average Bonchev–Trinajstić information content (AvgIpc) is 3.19. The van der Waals surface area contributed by atoms with Crippen LogP contribution in [0.15, 0.2) is 11.0 Å². The van der Waals surface area contributed by atoms with Gasteiger partial charge in [-0.25, -0.2) is 0 Å². The van der Waals surface area contributed by atoms with Crippen molar-refractivity contribution in [3.05, 3.63) is 32.2 Å². The predicted octanol–water partition coefficient (Wildman–Crippen LogP) is 5.95. The molecule has 2 rings (SSSR count). The van der Waals surface area contributed by atoms with Gasteiger partial charge in [0.1, 0.15) is 13.1 Å². The van der Waals surface area contributed by atoms with E-state index in [0.717, 1.165) is 0 Å². The fourth-order valence-electron chi connectivity index (χ4n) is 3.65. The van der Waals surface area contributed by atoms with Crippen LogP contribution in [-0.4, -0.2) is 0 Å². The molecule has 2 aromatic heterocycles. The number of hydrogen-bond acceptors (Lipinski definition) is 2. The Balaban J connectivity index is 1.45. The van der Waals surface area contributed by atoms with Crippen LogP contribution in [0.4, 0.5) is 0 Å². The Bertz CT molecular complexity index is 586. The second-order valence-electron chi connectivity index (χ2n) is 7.39. The quantitative estimate of drug-likeness (QED) is 0.293. The second kappa shape index (κ2) is 11.9. The summed E-state index contributed by atoms with van der Waals surface area (Å²) in [6, 6.07) is 0. The molecule has 0 aromatic carbocycles. The third-order valence-corrected chi connectivity index (χ3v) is 7.96. The molecule has 4 heteroatoms. The zero-order valence-corrected chi connectivity index (χ0v) is 19.0. The zero-order valence-electron chi connectivity index (χ0n) is 17.4. The van der Waals surface area contributed by atoms with E-state index in [1.807, 2.05) is 22.7 Å². The van der Waals surface area contributed by atoms with Gasteiger partial charge in [-0.15, -0.1) is 0 Å². The van der Waals surface area contributed by atoms with E-state index in [4.69, 9.17) is 0 Å². The number of nitrogens with zero attached hydrogens (tertiary/aromatic N) is 2. The van der Waals surface area contributed by atoms with Crippen molar-refractivity contribution in [1.82, 2.24) is 0 Å². The van der Waals surface area contributed by atoms with Crippen LogP contribution in [0.25, 0.3) is 0 Å². The van der Waals surface area contributed by atoms with Crippen molar-refractivity contribution in [3.63, 3.8) is 0 Å². The molecule has 0 aliphatic heterocycles. The van der Waals surface area contributed by atoms with E-state index in [1.54, 1.807) is 9.75 Å². The highest BCUT2D eigenvalue weighted by atomic mass is 32.1. The van der Waals surface area contributed by atoms with Crippen molar-refractivity contribution in [2.45, 2.75) is 105 Å². The monoisotopic (exact) mass is 394 g/mol. The van der Waals surface area contributed by atoms with Gasteiger partial charge in [0.05, 0.1) is 9.75 Å². The first-order valence-corrected chi connectivity index (χ1v) is 12.4. The summed E-state index contributed by atoms with van der Waals surface area (Å²) in [5.74, 6) is 0. The molecule has 0 N–H and O–H groups in total. The molecular formula is C22H38N2S2+2. The Hall–Kier alpha value is -0.740. The molecule has 0 bridgehead atoms. The van der Waals surface area contributed by atoms with Crippen molar-refractivity contribution in [1.29, 1.82) is 0 Å². The smallest absolute Gasteiger partial charge is 0.193 e. The molecule has 0 radical (unpaired) electrons. The summed E-state index contributed by atoms with van der Waals surface area (Å²) in [6.07, 6.45) is 13.4. The summed E-state index contributed by atoms with van der Waals surface area (Å²) in [6.45, 7) is 11.5. The Morgan fingerprint density at radius 2 is 0.962 bits per heavy atom. The fraction of sp³-hybridized carbons (Fsp3) is 0.727. The molecule has 0 spiro atoms. The molecule has 0 atom stereocenters. The number of thiazole rings is 2. The van der Waals surface area contributed by atoms with Gasteiger partial charge in [0.25, 0.3) is 0 Å². The summed E-state index contributed by atoms with van der Waals surface area (Å²) in [5.41, 5.74) is 7.60. The Kier molecular flexibility index (Phi) is 9.84. The van der Waals surface area contributed by atoms with Crippen LogP contribution in [0.3, 0.4) is 0 Å². The van der Waals surface area contributed by atoms with Crippen LogP contribution in [-0.2, 0) is 25.9 Å². The topological polar surface area (TPSA) is 7.76 Å². The second-order valence-corrected chi connectivity index (χ2v) is 9.26. The Labute approximate surface area is 168 Å². The summed E-state index contributed by atoms with van der Waals surface area (Å²) in [5, 5.41) is 0. The lowest BCUT2D eigenvalue weighted by molar-refractivity contribution is -0.698.